The van der Waals surface area contributed by atoms with Gasteiger partial charge in [-0.3, -0.25) is 49.1 Å². The molecule has 1 atom stereocenters. The zero-order chi connectivity index (χ0) is 89.9. The van der Waals surface area contributed by atoms with E-state index >= 15 is 0 Å². The van der Waals surface area contributed by atoms with E-state index in [9.17, 15) is 62.7 Å². The molecule has 3 aliphatic heterocycles. The van der Waals surface area contributed by atoms with Crippen molar-refractivity contribution in [2.75, 3.05) is 110 Å². The van der Waals surface area contributed by atoms with Gasteiger partial charge < -0.3 is 30.5 Å². The summed E-state index contributed by atoms with van der Waals surface area (Å²) in [6.07, 6.45) is 27.9. The highest BCUT2D eigenvalue weighted by Gasteiger charge is 2.52. The predicted octanol–water partition coefficient (Wildman–Crippen LogP) is 17.9. The van der Waals surface area contributed by atoms with Crippen LogP contribution in [0.15, 0.2) is 181 Å². The number of hydrogen-bond donors (Lipinski definition) is 4. The van der Waals surface area contributed by atoms with Gasteiger partial charge in [-0.25, -0.2) is 21.0 Å². The van der Waals surface area contributed by atoms with Gasteiger partial charge >= 0.3 is 24.3 Å². The number of Topliss-reactive ketones (excluding diaryl/α,β-unsaturated/α-hetero) is 1. The predicted molar refractivity (Wildman–Crippen MR) is 486 cm³/mol. The number of nitrogens with one attached hydrogen (secondary N) is 3. The number of aliphatic hydroxyl groups is 1. The van der Waals surface area contributed by atoms with Crippen LogP contribution in [0.3, 0.4) is 0 Å². The van der Waals surface area contributed by atoms with E-state index in [0.29, 0.717) is 69.1 Å². The van der Waals surface area contributed by atoms with Crippen molar-refractivity contribution >= 4 is 94.0 Å². The largest absolute Gasteiger partial charge is 0.466 e. The number of esters is 2. The Morgan fingerprint density at radius 1 is 0.524 bits per heavy atom. The summed E-state index contributed by atoms with van der Waals surface area (Å²) in [6.45, 7) is 24.4. The molecule has 7 aromatic rings. The number of sulfonamides is 1. The van der Waals surface area contributed by atoms with Crippen molar-refractivity contribution < 1.29 is 76.4 Å². The average molecular weight is 1920 g/mol. The third-order valence-corrected chi connectivity index (χ3v) is 26.0. The van der Waals surface area contributed by atoms with Gasteiger partial charge in [-0.15, -0.1) is 0 Å². The van der Waals surface area contributed by atoms with E-state index in [1.165, 1.54) is 136 Å². The lowest BCUT2D eigenvalue weighted by molar-refractivity contribution is -0.258. The average Bonchev–Trinajstić information content (AvgIpc) is 0.774. The van der Waals surface area contributed by atoms with Crippen LogP contribution in [-0.2, 0) is 81.0 Å². The standard InChI is InChI=1S/C23H28F3N3O3S.C14H21N3.C12H15NO2.C11H15N.C9H11NO2.C8H7ClO3S.C4H9Br.C4H10N2.C2H3F3.2CH4.Cl2OS/c1-21(30,23(24,25)26)18-3-5-20(6-4-18)33(31,32)29-15-13-28(14-16-29)17-22(9-2-10-22)19-7-11-27-12-8-19;1-4-14(5-1,13-2-6-15-7-3-13)12-17-10-8-16-9-11-17;1-2-15-11(14)12(6-3-7-12)10-4-8-13-9-5-10;1-2-11(6-3-7-11)10-4-8-12-9-5-10;1-2-12-9(11)7-8-3-5-10-6-4-8;1-6(10)7-2-4-8(5-3-7)13(9,11)12;1-2-3-4-5;1-2-6-4-3-5-1;1-2(3,4)5;;;1-4(2)3/h3-8,11-12,30H,2,9-10,13-17H2,1H3;2-3,6-7,16H,1,4-5,8-12H2;4-5,8-9H,2-3,6-7H2,1H3;4-5,8-9H,2-3,6-7H2,1H3;3-6H,2,7H2,1H3;2-5H,1H3;2-4H2,1H3;5-6H,1-4H2;1H3;2*1H4;. The molecule has 0 radical (unpaired) electrons. The summed E-state index contributed by atoms with van der Waals surface area (Å²) in [5.41, 5.74) is 3.91. The van der Waals surface area contributed by atoms with Gasteiger partial charge in [0.2, 0.25) is 19.2 Å². The molecule has 124 heavy (non-hydrogen) atoms. The number of aromatic nitrogens is 5. The van der Waals surface area contributed by atoms with Crippen LogP contribution in [0.1, 0.15) is 203 Å². The first-order valence-electron chi connectivity index (χ1n) is 41.1. The van der Waals surface area contributed by atoms with Crippen LogP contribution >= 0.6 is 48.0 Å². The molecule has 4 aliphatic carbocycles. The van der Waals surface area contributed by atoms with Crippen LogP contribution in [0.2, 0.25) is 0 Å². The minimum atomic E-state index is -4.86. The molecule has 0 amide bonds. The Hall–Kier alpha value is -6.50. The molecule has 8 heterocycles. The minimum Gasteiger partial charge on any atom is -0.466 e. The van der Waals surface area contributed by atoms with Crippen LogP contribution < -0.4 is 16.0 Å². The summed E-state index contributed by atoms with van der Waals surface area (Å²) < 4.78 is 138. The number of halogens is 10. The van der Waals surface area contributed by atoms with Crippen molar-refractivity contribution in [3.05, 3.63) is 210 Å². The second kappa shape index (κ2) is 56.1. The minimum absolute atomic E-state index is 0. The van der Waals surface area contributed by atoms with Crippen molar-refractivity contribution in [1.29, 1.82) is 0 Å². The number of pyridine rings is 5. The Balaban J connectivity index is 0.000000379. The highest BCUT2D eigenvalue weighted by atomic mass is 79.9. The topological polar surface area (TPSA) is 286 Å². The van der Waals surface area contributed by atoms with Gasteiger partial charge in [-0.05, 0) is 216 Å². The van der Waals surface area contributed by atoms with Crippen LogP contribution in [0.25, 0.3) is 0 Å². The summed E-state index contributed by atoms with van der Waals surface area (Å²) >= 11 is 3.31. The van der Waals surface area contributed by atoms with Gasteiger partial charge in [0, 0.05) is 214 Å². The molecule has 5 aromatic heterocycles. The molecule has 4 N–H and O–H groups in total. The fourth-order valence-corrected chi connectivity index (χ4v) is 17.3. The van der Waals surface area contributed by atoms with Gasteiger partial charge in [0.25, 0.3) is 9.05 Å². The molecule has 4 saturated carbocycles. The highest BCUT2D eigenvalue weighted by Crippen LogP contribution is 2.48. The number of piperazine rings is 3. The molecule has 2 aromatic carbocycles. The Kier molecular flexibility index (Phi) is 50.5. The summed E-state index contributed by atoms with van der Waals surface area (Å²) in [6, 6.07) is 30.1. The smallest absolute Gasteiger partial charge is 0.421 e. The van der Waals surface area contributed by atoms with E-state index in [4.69, 9.17) is 24.4 Å². The maximum Gasteiger partial charge on any atom is 0.421 e. The van der Waals surface area contributed by atoms with Gasteiger partial charge in [-0.1, -0.05) is 101 Å². The SMILES string of the molecule is C.C.C1CNCCN1.CC(=O)c1ccc(S(=O)(=O)Cl)cc1.CC(F)(F)F.CC(O)(c1ccc(S(=O)(=O)N2CCN(CC3(c4ccncc4)CCC3)CC2)cc1)C(F)(F)F.CCC1(c2ccncc2)CCC1.CCCCBr.CCOC(=O)C1(c2ccncc2)CCC1.CCOC(=O)Cc1ccncc1.O=S(Cl)Cl.c1cc(C2(CN3CCNCC3)CCC2)ccn1. The van der Waals surface area contributed by atoms with E-state index in [2.05, 4.69) is 138 Å². The lowest BCUT2D eigenvalue weighted by Gasteiger charge is -2.47. The van der Waals surface area contributed by atoms with Crippen LogP contribution in [-0.4, -0.2) is 205 Å². The number of benzene rings is 2. The second-order valence-electron chi connectivity index (χ2n) is 30.5. The van der Waals surface area contributed by atoms with Crippen molar-refractivity contribution in [3.63, 3.8) is 0 Å². The van der Waals surface area contributed by atoms with Gasteiger partial charge in [-0.2, -0.15) is 30.6 Å². The molecule has 0 bridgehead atoms. The zero-order valence-corrected chi connectivity index (χ0v) is 76.9. The van der Waals surface area contributed by atoms with Gasteiger partial charge in [0.1, 0.15) is 0 Å². The van der Waals surface area contributed by atoms with Crippen LogP contribution in [0.4, 0.5) is 26.3 Å². The quantitative estimate of drug-likeness (QED) is 0.0171. The molecule has 7 aliphatic rings. The first-order valence-corrected chi connectivity index (χ1v) is 48.8. The van der Waals surface area contributed by atoms with Crippen molar-refractivity contribution in [1.82, 2.24) is 55.0 Å². The monoisotopic (exact) mass is 1920 g/mol. The number of rotatable bonds is 21. The first-order chi connectivity index (χ1) is 57.9. The van der Waals surface area contributed by atoms with Crippen molar-refractivity contribution in [2.24, 2.45) is 0 Å². The lowest BCUT2D eigenvalue weighted by Crippen LogP contribution is -2.53. The van der Waals surface area contributed by atoms with Crippen LogP contribution in [0.5, 0.6) is 0 Å². The normalized spacial score (nSPS) is 17.6. The Morgan fingerprint density at radius 2 is 0.879 bits per heavy atom. The third kappa shape index (κ3) is 37.3. The van der Waals surface area contributed by atoms with E-state index < -0.39 is 51.8 Å². The summed E-state index contributed by atoms with van der Waals surface area (Å²) in [5, 5.41) is 20.8. The molecule has 3 saturated heterocycles. The Bertz CT molecular complexity index is 4370. The van der Waals surface area contributed by atoms with E-state index in [1.54, 1.807) is 56.2 Å². The summed E-state index contributed by atoms with van der Waals surface area (Å²) in [7, 11) is 4.92. The molecular weight excluding hydrogens is 1800 g/mol. The van der Waals surface area contributed by atoms with E-state index in [1.807, 2.05) is 43.8 Å². The van der Waals surface area contributed by atoms with Gasteiger partial charge in [0.15, 0.2) is 11.4 Å². The lowest BCUT2D eigenvalue weighted by atomic mass is 9.63. The number of ketones is 1. The number of unbranched alkanes of at least 4 members (excludes halogenated alkanes) is 1. The Morgan fingerprint density at radius 3 is 1.19 bits per heavy atom. The van der Waals surface area contributed by atoms with Gasteiger partial charge in [0.05, 0.1) is 34.8 Å². The molecule has 35 heteroatoms. The molecule has 7 fully saturated rings. The number of carbonyl (C=O) groups excluding carboxylic acids is 3. The van der Waals surface area contributed by atoms with E-state index in [-0.39, 0.29) is 60.1 Å². The fraction of sp³-hybridized carbons (Fsp3) is 0.551. The number of ether oxygens (including phenoxy) is 2. The number of hydrogen-bond acceptors (Lipinski definition) is 21. The molecule has 692 valence electrons. The maximum absolute atomic E-state index is 13.1. The highest BCUT2D eigenvalue weighted by molar-refractivity contribution is 9.09. The zero-order valence-electron chi connectivity index (χ0n) is 70.6. The first kappa shape index (κ1) is 112. The maximum atomic E-state index is 13.1. The molecule has 14 rings (SSSR count). The molecule has 1 unspecified atom stereocenters. The second-order valence-corrected chi connectivity index (χ2v) is 38.3. The van der Waals surface area contributed by atoms with E-state index in [0.717, 1.165) is 119 Å². The fourth-order valence-electron chi connectivity index (χ4n) is 14.5. The van der Waals surface area contributed by atoms with Crippen molar-refractivity contribution in [3.8, 4) is 0 Å². The van der Waals surface area contributed by atoms with Crippen molar-refractivity contribution in [2.45, 2.75) is 215 Å². The molecule has 22 nitrogen and oxygen atoms in total. The Labute approximate surface area is 755 Å². The third-order valence-electron chi connectivity index (χ3n) is 22.2. The number of nitrogens with zero attached hydrogens (tertiary/aromatic N) is 8. The molecule has 0 spiro atoms. The van der Waals surface area contributed by atoms with Crippen LogP contribution in [0, 0.1) is 0 Å². The summed E-state index contributed by atoms with van der Waals surface area (Å²) in [4.78, 5) is 58.6. The summed E-state index contributed by atoms with van der Waals surface area (Å²) in [5.74, 6) is -0.385. The number of carbonyl (C=O) groups is 3. The molecular formula is C89H127BrCl3F6N11O11S3. The number of alkyl halides is 7.